The molecule has 0 radical (unpaired) electrons. The van der Waals surface area contributed by atoms with Crippen LogP contribution in [0.1, 0.15) is 136 Å². The van der Waals surface area contributed by atoms with Gasteiger partial charge in [0.15, 0.2) is 0 Å². The Morgan fingerprint density at radius 1 is 0.593 bits per heavy atom. The van der Waals surface area contributed by atoms with Crippen LogP contribution in [0.4, 0.5) is 0 Å². The summed E-state index contributed by atoms with van der Waals surface area (Å²) in [7, 11) is 0. The maximum atomic E-state index is 2.44. The Balaban J connectivity index is -0.0000000957. The Kier molecular flexibility index (Phi) is 42.3. The third-order valence-corrected chi connectivity index (χ3v) is 4.43. The van der Waals surface area contributed by atoms with E-state index in [0.29, 0.717) is 0 Å². The lowest BCUT2D eigenvalue weighted by molar-refractivity contribution is 0.395. The molecule has 0 heteroatoms. The zero-order valence-electron chi connectivity index (χ0n) is 22.8. The lowest BCUT2D eigenvalue weighted by Crippen LogP contribution is -2.02. The summed E-state index contributed by atoms with van der Waals surface area (Å²) in [6, 6.07) is 0. The Morgan fingerprint density at radius 2 is 0.889 bits per heavy atom. The third-order valence-electron chi connectivity index (χ3n) is 4.43. The molecule has 0 saturated carbocycles. The van der Waals surface area contributed by atoms with Gasteiger partial charge < -0.3 is 0 Å². The quantitative estimate of drug-likeness (QED) is 0.381. The number of hydrogen-bond donors (Lipinski definition) is 0. The SMILES string of the molecule is CC.CC.CC(C)C.CC(C)C(C)C.CCC(=CCCC(C)C(C)C)CC. The third kappa shape index (κ3) is 46.1. The minimum atomic E-state index is 0.833. The van der Waals surface area contributed by atoms with Gasteiger partial charge in [0.25, 0.3) is 0 Å². The lowest BCUT2D eigenvalue weighted by Gasteiger charge is -2.13. The van der Waals surface area contributed by atoms with E-state index in [1.807, 2.05) is 27.7 Å². The predicted octanol–water partition coefficient (Wildman–Crippen LogP) is 10.8. The second-order valence-corrected chi connectivity index (χ2v) is 8.59. The molecule has 0 amide bonds. The molecule has 0 N–H and O–H groups in total. The minimum Gasteiger partial charge on any atom is -0.0853 e. The smallest absolute Gasteiger partial charge is 0.0345 e. The van der Waals surface area contributed by atoms with Gasteiger partial charge in [-0.3, -0.25) is 0 Å². The van der Waals surface area contributed by atoms with Crippen LogP contribution in [0.2, 0.25) is 0 Å². The van der Waals surface area contributed by atoms with Crippen molar-refractivity contribution in [3.8, 4) is 0 Å². The van der Waals surface area contributed by atoms with E-state index in [-0.39, 0.29) is 0 Å². The van der Waals surface area contributed by atoms with Gasteiger partial charge in [-0.25, -0.2) is 0 Å². The zero-order chi connectivity index (χ0) is 23.0. The standard InChI is InChI=1S/C13H26.C6H14.C4H10.2C2H6/c1-6-13(7-2)10-8-9-12(5)11(3)4;1-5(2)6(3)4;1-4(2)3;2*1-2/h10-12H,6-9H2,1-5H3;5-6H,1-4H3;4H,1-3H3;2*1-2H3. The van der Waals surface area contributed by atoms with Gasteiger partial charge in [-0.05, 0) is 55.3 Å². The van der Waals surface area contributed by atoms with Gasteiger partial charge in [0.05, 0.1) is 0 Å². The monoisotopic (exact) mass is 386 g/mol. The first-order valence-corrected chi connectivity index (χ1v) is 12.2. The molecule has 0 bridgehead atoms. The molecule has 0 aliphatic rings. The van der Waals surface area contributed by atoms with E-state index in [2.05, 4.69) is 89.2 Å². The Bertz CT molecular complexity index is 228. The molecule has 0 heterocycles. The minimum absolute atomic E-state index is 0.833. The van der Waals surface area contributed by atoms with Crippen molar-refractivity contribution in [2.24, 2.45) is 29.6 Å². The van der Waals surface area contributed by atoms with Gasteiger partial charge in [0.2, 0.25) is 0 Å². The molecule has 0 aromatic heterocycles. The molecule has 0 aromatic carbocycles. The highest BCUT2D eigenvalue weighted by molar-refractivity contribution is 4.99. The molecule has 1 unspecified atom stereocenters. The largest absolute Gasteiger partial charge is 0.0853 e. The van der Waals surface area contributed by atoms with Crippen molar-refractivity contribution in [3.63, 3.8) is 0 Å². The van der Waals surface area contributed by atoms with Crippen molar-refractivity contribution < 1.29 is 0 Å². The average molecular weight is 387 g/mol. The van der Waals surface area contributed by atoms with Crippen LogP contribution in [0.25, 0.3) is 0 Å². The summed E-state index contributed by atoms with van der Waals surface area (Å²) in [5, 5.41) is 0. The highest BCUT2D eigenvalue weighted by Gasteiger charge is 2.05. The molecule has 0 aliphatic carbocycles. The molecule has 0 spiro atoms. The van der Waals surface area contributed by atoms with Crippen LogP contribution in [-0.2, 0) is 0 Å². The summed E-state index contributed by atoms with van der Waals surface area (Å²) >= 11 is 0. The molecular weight excluding hydrogens is 324 g/mol. The van der Waals surface area contributed by atoms with Crippen LogP contribution in [0.3, 0.4) is 0 Å². The molecule has 0 nitrogen and oxygen atoms in total. The summed E-state index contributed by atoms with van der Waals surface area (Å²) in [5.74, 6) is 4.24. The van der Waals surface area contributed by atoms with Crippen LogP contribution in [0.5, 0.6) is 0 Å². The summed E-state index contributed by atoms with van der Waals surface area (Å²) in [6.07, 6.45) is 7.52. The van der Waals surface area contributed by atoms with Crippen molar-refractivity contribution in [2.75, 3.05) is 0 Å². The first-order chi connectivity index (χ1) is 12.5. The summed E-state index contributed by atoms with van der Waals surface area (Å²) in [4.78, 5) is 0. The fraction of sp³-hybridized carbons (Fsp3) is 0.926. The van der Waals surface area contributed by atoms with Crippen molar-refractivity contribution in [1.82, 2.24) is 0 Å². The second-order valence-electron chi connectivity index (χ2n) is 8.59. The molecule has 0 aliphatic heterocycles. The van der Waals surface area contributed by atoms with Crippen LogP contribution >= 0.6 is 0 Å². The lowest BCUT2D eigenvalue weighted by atomic mass is 9.92. The Morgan fingerprint density at radius 3 is 1.07 bits per heavy atom. The molecule has 27 heavy (non-hydrogen) atoms. The summed E-state index contributed by atoms with van der Waals surface area (Å²) < 4.78 is 0. The Labute approximate surface area is 178 Å². The van der Waals surface area contributed by atoms with Gasteiger partial charge in [-0.2, -0.15) is 0 Å². The molecule has 0 saturated heterocycles. The van der Waals surface area contributed by atoms with Crippen molar-refractivity contribution >= 4 is 0 Å². The highest BCUT2D eigenvalue weighted by atomic mass is 14.1. The fourth-order valence-electron chi connectivity index (χ4n) is 1.42. The van der Waals surface area contributed by atoms with Crippen LogP contribution in [-0.4, -0.2) is 0 Å². The maximum absolute atomic E-state index is 2.44. The molecule has 0 fully saturated rings. The van der Waals surface area contributed by atoms with E-state index in [1.165, 1.54) is 25.7 Å². The molecular formula is C27H62. The van der Waals surface area contributed by atoms with Crippen LogP contribution in [0, 0.1) is 29.6 Å². The number of allylic oxidation sites excluding steroid dienone is 2. The normalized spacial score (nSPS) is 10.5. The summed E-state index contributed by atoms with van der Waals surface area (Å²) in [6.45, 7) is 35.0. The van der Waals surface area contributed by atoms with Gasteiger partial charge in [0, 0.05) is 0 Å². The van der Waals surface area contributed by atoms with Gasteiger partial charge in [-0.1, -0.05) is 122 Å². The fourth-order valence-corrected chi connectivity index (χ4v) is 1.42. The van der Waals surface area contributed by atoms with Crippen molar-refractivity contribution in [3.05, 3.63) is 11.6 Å². The first kappa shape index (κ1) is 37.5. The second kappa shape index (κ2) is 30.5. The predicted molar refractivity (Wildman–Crippen MR) is 135 cm³/mol. The van der Waals surface area contributed by atoms with E-state index in [0.717, 1.165) is 29.6 Å². The average Bonchev–Trinajstić information content (AvgIpc) is 2.62. The topological polar surface area (TPSA) is 0 Å². The number of rotatable bonds is 7. The Hall–Kier alpha value is -0.260. The first-order valence-electron chi connectivity index (χ1n) is 12.2. The van der Waals surface area contributed by atoms with E-state index >= 15 is 0 Å². The zero-order valence-corrected chi connectivity index (χ0v) is 22.8. The van der Waals surface area contributed by atoms with E-state index in [9.17, 15) is 0 Å². The van der Waals surface area contributed by atoms with E-state index in [1.54, 1.807) is 5.57 Å². The summed E-state index contributed by atoms with van der Waals surface area (Å²) in [5.41, 5.74) is 1.62. The van der Waals surface area contributed by atoms with Crippen LogP contribution in [0.15, 0.2) is 11.6 Å². The maximum Gasteiger partial charge on any atom is -0.0345 e. The number of hydrogen-bond acceptors (Lipinski definition) is 0. The molecule has 170 valence electrons. The van der Waals surface area contributed by atoms with Crippen molar-refractivity contribution in [2.45, 2.75) is 136 Å². The van der Waals surface area contributed by atoms with Gasteiger partial charge in [0.1, 0.15) is 0 Å². The van der Waals surface area contributed by atoms with Gasteiger partial charge in [-0.15, -0.1) is 0 Å². The van der Waals surface area contributed by atoms with E-state index < -0.39 is 0 Å². The van der Waals surface area contributed by atoms with Crippen molar-refractivity contribution in [1.29, 1.82) is 0 Å². The molecule has 0 rings (SSSR count). The van der Waals surface area contributed by atoms with Crippen LogP contribution < -0.4 is 0 Å². The molecule has 0 aromatic rings. The molecule has 1 atom stereocenters. The van der Waals surface area contributed by atoms with E-state index in [4.69, 9.17) is 0 Å². The van der Waals surface area contributed by atoms with Gasteiger partial charge >= 0.3 is 0 Å². The highest BCUT2D eigenvalue weighted by Crippen LogP contribution is 2.17.